The Morgan fingerprint density at radius 2 is 2.15 bits per heavy atom. The van der Waals surface area contributed by atoms with E-state index in [2.05, 4.69) is 37.4 Å². The van der Waals surface area contributed by atoms with Gasteiger partial charge in [0, 0.05) is 6.42 Å². The van der Waals surface area contributed by atoms with Crippen LogP contribution in [0.4, 0.5) is 5.69 Å². The van der Waals surface area contributed by atoms with Crippen LogP contribution in [0.1, 0.15) is 23.2 Å². The van der Waals surface area contributed by atoms with Crippen molar-refractivity contribution in [2.24, 2.45) is 0 Å². The van der Waals surface area contributed by atoms with Gasteiger partial charge in [-0.25, -0.2) is 0 Å². The molecule has 2 unspecified atom stereocenters. The van der Waals surface area contributed by atoms with Gasteiger partial charge < -0.3 is 10.0 Å². The number of hydrogen-bond acceptors (Lipinski definition) is 5. The van der Waals surface area contributed by atoms with Gasteiger partial charge in [-0.3, -0.25) is 19.7 Å². The predicted octanol–water partition coefficient (Wildman–Crippen LogP) is -0.0213. The second-order valence-corrected chi connectivity index (χ2v) is 5.28. The number of carbonyl (C=O) groups excluding carboxylic acids is 3. The Labute approximate surface area is 123 Å². The van der Waals surface area contributed by atoms with E-state index in [0.29, 0.717) is 17.7 Å². The number of imide groups is 1. The molecule has 2 rings (SSSR count). The second kappa shape index (κ2) is 6.24. The van der Waals surface area contributed by atoms with E-state index in [9.17, 15) is 14.4 Å². The Morgan fingerprint density at radius 3 is 2.80 bits per heavy atom. The lowest BCUT2D eigenvalue weighted by Gasteiger charge is -2.22. The molecule has 0 bridgehead atoms. The minimum Gasteiger partial charge on any atom is -0.340 e. The highest BCUT2D eigenvalue weighted by Gasteiger charge is 2.28. The van der Waals surface area contributed by atoms with Gasteiger partial charge in [-0.2, -0.15) is 0 Å². The fourth-order valence-corrected chi connectivity index (χ4v) is 2.37. The molecule has 6 nitrogen and oxygen atoms in total. The maximum atomic E-state index is 12.2. The molecular formula is C12H14N3O3PS. The van der Waals surface area contributed by atoms with Crippen molar-refractivity contribution in [3.05, 3.63) is 23.8 Å². The molecule has 0 aromatic heterocycles. The van der Waals surface area contributed by atoms with Crippen LogP contribution in [0.25, 0.3) is 0 Å². The van der Waals surface area contributed by atoms with Gasteiger partial charge in [-0.1, -0.05) is 18.9 Å². The Hall–Kier alpha value is -1.59. The monoisotopic (exact) mass is 311 g/mol. The number of rotatable bonds is 3. The molecule has 3 amide bonds. The molecule has 0 aliphatic carbocycles. The number of benzene rings is 1. The quantitative estimate of drug-likeness (QED) is 0.359. The number of nitrogens with one attached hydrogen (secondary N) is 3. The largest absolute Gasteiger partial charge is 0.340 e. The zero-order valence-electron chi connectivity index (χ0n) is 10.5. The zero-order chi connectivity index (χ0) is 14.7. The van der Waals surface area contributed by atoms with Crippen molar-refractivity contribution in [1.82, 2.24) is 10.6 Å². The Bertz CT molecular complexity index is 579. The van der Waals surface area contributed by atoms with Crippen molar-refractivity contribution in [2.75, 3.05) is 4.72 Å². The maximum Gasteiger partial charge on any atom is 0.254 e. The van der Waals surface area contributed by atoms with Gasteiger partial charge in [0.1, 0.15) is 6.04 Å². The minimum atomic E-state index is -0.693. The highest BCUT2D eigenvalue weighted by Crippen LogP contribution is 2.16. The first kappa shape index (κ1) is 14.8. The van der Waals surface area contributed by atoms with Crippen LogP contribution >= 0.6 is 22.1 Å². The molecule has 1 aliphatic rings. The third-order valence-electron chi connectivity index (χ3n) is 2.95. The minimum absolute atomic E-state index is 0.220. The molecule has 1 aliphatic heterocycles. The normalized spacial score (nSPS) is 18.4. The number of piperidine rings is 1. The average Bonchev–Trinajstić information content (AvgIpc) is 2.41. The van der Waals surface area contributed by atoms with Gasteiger partial charge in [0.05, 0.1) is 11.3 Å². The third-order valence-corrected chi connectivity index (χ3v) is 3.55. The summed E-state index contributed by atoms with van der Waals surface area (Å²) in [7, 11) is 2.50. The van der Waals surface area contributed by atoms with Gasteiger partial charge >= 0.3 is 0 Å². The molecule has 0 radical (unpaired) electrons. The molecule has 8 heteroatoms. The van der Waals surface area contributed by atoms with Crippen LogP contribution in [0.3, 0.4) is 0 Å². The van der Waals surface area contributed by atoms with Gasteiger partial charge in [0.15, 0.2) is 0 Å². The summed E-state index contributed by atoms with van der Waals surface area (Å²) in [6, 6.07) is 4.51. The third kappa shape index (κ3) is 3.29. The van der Waals surface area contributed by atoms with E-state index in [-0.39, 0.29) is 18.2 Å². The lowest BCUT2D eigenvalue weighted by molar-refractivity contribution is -0.134. The summed E-state index contributed by atoms with van der Waals surface area (Å²) in [6.07, 6.45) is 0.526. The van der Waals surface area contributed by atoms with Crippen LogP contribution in [0, 0.1) is 0 Å². The van der Waals surface area contributed by atoms with Crippen LogP contribution in [0.15, 0.2) is 18.2 Å². The van der Waals surface area contributed by atoms with E-state index in [0.717, 1.165) is 5.30 Å². The highest BCUT2D eigenvalue weighted by molar-refractivity contribution is 7.81. The van der Waals surface area contributed by atoms with Crippen molar-refractivity contribution in [3.8, 4) is 0 Å². The van der Waals surface area contributed by atoms with E-state index >= 15 is 0 Å². The van der Waals surface area contributed by atoms with Gasteiger partial charge in [0.25, 0.3) is 5.91 Å². The lowest BCUT2D eigenvalue weighted by atomic mass is 10.1. The molecule has 1 aromatic carbocycles. The van der Waals surface area contributed by atoms with Gasteiger partial charge in [0.2, 0.25) is 11.8 Å². The number of amides is 3. The maximum absolute atomic E-state index is 12.2. The van der Waals surface area contributed by atoms with E-state index in [4.69, 9.17) is 0 Å². The fraction of sp³-hybridized carbons (Fsp3) is 0.250. The molecule has 20 heavy (non-hydrogen) atoms. The first-order chi connectivity index (χ1) is 9.51. The molecule has 2 atom stereocenters. The second-order valence-electron chi connectivity index (χ2n) is 4.39. The summed E-state index contributed by atoms with van der Waals surface area (Å²) in [6.45, 7) is 0. The van der Waals surface area contributed by atoms with Crippen molar-refractivity contribution in [1.29, 1.82) is 0 Å². The summed E-state index contributed by atoms with van der Waals surface area (Å²) in [5.41, 5.74) is 0.932. The van der Waals surface area contributed by atoms with Crippen LogP contribution in [0.2, 0.25) is 0 Å². The predicted molar refractivity (Wildman–Crippen MR) is 82.0 cm³/mol. The van der Waals surface area contributed by atoms with E-state index in [1.165, 1.54) is 0 Å². The number of anilines is 1. The first-order valence-electron chi connectivity index (χ1n) is 5.95. The molecule has 0 spiro atoms. The zero-order valence-corrected chi connectivity index (χ0v) is 12.5. The number of thiol groups is 1. The number of carbonyl (C=O) groups is 3. The molecule has 1 aromatic rings. The molecule has 3 N–H and O–H groups in total. The molecular weight excluding hydrogens is 297 g/mol. The summed E-state index contributed by atoms with van der Waals surface area (Å²) in [4.78, 5) is 34.9. The summed E-state index contributed by atoms with van der Waals surface area (Å²) in [5, 5.41) is 5.66. The van der Waals surface area contributed by atoms with Crippen LogP contribution in [-0.4, -0.2) is 23.8 Å². The van der Waals surface area contributed by atoms with E-state index in [1.54, 1.807) is 12.1 Å². The molecule has 0 saturated carbocycles. The fourth-order valence-electron chi connectivity index (χ4n) is 1.91. The van der Waals surface area contributed by atoms with Crippen LogP contribution in [0.5, 0.6) is 0 Å². The van der Waals surface area contributed by atoms with Crippen molar-refractivity contribution in [3.63, 3.8) is 0 Å². The molecule has 1 fully saturated rings. The van der Waals surface area contributed by atoms with E-state index < -0.39 is 11.9 Å². The molecule has 1 heterocycles. The topological polar surface area (TPSA) is 87.3 Å². The van der Waals surface area contributed by atoms with Gasteiger partial charge in [-0.05, 0) is 23.9 Å². The molecule has 106 valence electrons. The van der Waals surface area contributed by atoms with Gasteiger partial charge in [-0.15, -0.1) is 9.24 Å². The van der Waals surface area contributed by atoms with Crippen molar-refractivity contribution >= 4 is 50.8 Å². The van der Waals surface area contributed by atoms with Crippen LogP contribution in [-0.2, 0) is 9.59 Å². The Kier molecular flexibility index (Phi) is 4.62. The van der Waals surface area contributed by atoms with Crippen molar-refractivity contribution < 1.29 is 14.4 Å². The standard InChI is InChI=1S/C12H14N3O3PS/c16-10-4-3-9(12(18)14-10)13-11(17)7-5-6(19)1-2-8(7)15-20/h1-2,5,9,15,20H,3-4,19H2,(H,13,17)(H,14,16,18). The van der Waals surface area contributed by atoms with Crippen LogP contribution < -0.4 is 20.7 Å². The summed E-state index contributed by atoms with van der Waals surface area (Å²) >= 11 is 3.94. The van der Waals surface area contributed by atoms with Crippen molar-refractivity contribution in [2.45, 2.75) is 18.9 Å². The summed E-state index contributed by atoms with van der Waals surface area (Å²) < 4.78 is 2.63. The Morgan fingerprint density at radius 1 is 1.40 bits per heavy atom. The number of hydrogen-bond donors (Lipinski definition) is 4. The highest BCUT2D eigenvalue weighted by atomic mass is 32.1. The molecule has 1 saturated heterocycles. The first-order valence-corrected chi connectivity index (χ1v) is 6.98. The SMILES string of the molecule is O=C1CCC(NC(=O)c2cc(P)ccc2NS)C(=O)N1. The lowest BCUT2D eigenvalue weighted by Crippen LogP contribution is -2.52. The smallest absolute Gasteiger partial charge is 0.254 e. The Balaban J connectivity index is 2.14. The van der Waals surface area contributed by atoms with E-state index in [1.807, 2.05) is 6.07 Å². The average molecular weight is 311 g/mol. The summed E-state index contributed by atoms with van der Waals surface area (Å²) in [5.74, 6) is -1.18.